The molecule has 0 spiro atoms. The maximum atomic E-state index is 13.1. The highest BCUT2D eigenvalue weighted by Crippen LogP contribution is 2.32. The van der Waals surface area contributed by atoms with E-state index in [9.17, 15) is 14.4 Å². The number of imide groups is 1. The van der Waals surface area contributed by atoms with Crippen LogP contribution in [0.3, 0.4) is 0 Å². The van der Waals surface area contributed by atoms with Gasteiger partial charge in [0.1, 0.15) is 10.7 Å². The van der Waals surface area contributed by atoms with Gasteiger partial charge in [-0.25, -0.2) is 4.90 Å². The Morgan fingerprint density at radius 1 is 0.909 bits per heavy atom. The second-order valence-electron chi connectivity index (χ2n) is 7.52. The second-order valence-corrected chi connectivity index (χ2v) is 7.90. The van der Waals surface area contributed by atoms with Crippen LogP contribution < -0.4 is 15.1 Å². The van der Waals surface area contributed by atoms with Gasteiger partial charge in [-0.05, 0) is 54.4 Å². The van der Waals surface area contributed by atoms with Crippen molar-refractivity contribution >= 4 is 46.4 Å². The highest BCUT2D eigenvalue weighted by Gasteiger charge is 2.39. The van der Waals surface area contributed by atoms with Crippen LogP contribution in [0.4, 0.5) is 17.1 Å². The third-order valence-electron chi connectivity index (χ3n) is 5.49. The van der Waals surface area contributed by atoms with Gasteiger partial charge in [0.25, 0.3) is 17.7 Å². The maximum Gasteiger partial charge on any atom is 0.283 e. The van der Waals surface area contributed by atoms with E-state index in [2.05, 4.69) is 5.32 Å². The van der Waals surface area contributed by atoms with Crippen LogP contribution in [0, 0.1) is 0 Å². The molecule has 33 heavy (non-hydrogen) atoms. The van der Waals surface area contributed by atoms with Crippen molar-refractivity contribution in [2.75, 3.05) is 22.2 Å². The minimum absolute atomic E-state index is 0.00746. The van der Waals surface area contributed by atoms with Crippen molar-refractivity contribution in [3.8, 4) is 0 Å². The van der Waals surface area contributed by atoms with Crippen LogP contribution in [0.15, 0.2) is 89.6 Å². The molecule has 6 nitrogen and oxygen atoms in total. The maximum absolute atomic E-state index is 13.1. The molecule has 0 saturated carbocycles. The van der Waals surface area contributed by atoms with Crippen molar-refractivity contribution in [2.24, 2.45) is 0 Å². The Bertz CT molecular complexity index is 1250. The zero-order valence-corrected chi connectivity index (χ0v) is 19.0. The number of nitrogens with one attached hydrogen (secondary N) is 1. The van der Waals surface area contributed by atoms with E-state index in [0.717, 1.165) is 16.2 Å². The summed E-state index contributed by atoms with van der Waals surface area (Å²) >= 11 is 6.25. The molecule has 3 aromatic carbocycles. The molecule has 0 fully saturated rings. The largest absolute Gasteiger partial charge is 0.350 e. The quantitative estimate of drug-likeness (QED) is 0.529. The van der Waals surface area contributed by atoms with Gasteiger partial charge in [0.15, 0.2) is 0 Å². The molecule has 0 saturated heterocycles. The van der Waals surface area contributed by atoms with Crippen LogP contribution in [-0.4, -0.2) is 24.8 Å². The number of para-hydroxylation sites is 2. The third kappa shape index (κ3) is 4.25. The Morgan fingerprint density at radius 3 is 2.21 bits per heavy atom. The summed E-state index contributed by atoms with van der Waals surface area (Å²) in [7, 11) is 1.71. The molecular weight excluding hydrogens is 438 g/mol. The molecule has 3 aromatic rings. The van der Waals surface area contributed by atoms with Crippen LogP contribution in [0.5, 0.6) is 0 Å². The van der Waals surface area contributed by atoms with Crippen LogP contribution in [0.2, 0.25) is 0 Å². The van der Waals surface area contributed by atoms with E-state index in [4.69, 9.17) is 11.6 Å². The molecule has 1 N–H and O–H groups in total. The molecule has 1 aliphatic rings. The molecule has 0 atom stereocenters. The van der Waals surface area contributed by atoms with Crippen LogP contribution >= 0.6 is 11.6 Å². The molecule has 0 aliphatic carbocycles. The van der Waals surface area contributed by atoms with Gasteiger partial charge in [-0.2, -0.15) is 0 Å². The molecule has 0 aromatic heterocycles. The molecule has 7 heteroatoms. The van der Waals surface area contributed by atoms with E-state index in [1.807, 2.05) is 49.4 Å². The van der Waals surface area contributed by atoms with Gasteiger partial charge in [-0.1, -0.05) is 54.9 Å². The lowest BCUT2D eigenvalue weighted by atomic mass is 10.1. The Morgan fingerprint density at radius 2 is 1.55 bits per heavy atom. The van der Waals surface area contributed by atoms with E-state index in [1.54, 1.807) is 48.3 Å². The zero-order chi connectivity index (χ0) is 23.5. The number of nitrogens with zero attached hydrogens (tertiary/aromatic N) is 2. The Kier molecular flexibility index (Phi) is 6.29. The van der Waals surface area contributed by atoms with Gasteiger partial charge >= 0.3 is 0 Å². The predicted octanol–water partition coefficient (Wildman–Crippen LogP) is 4.96. The number of amides is 3. The topological polar surface area (TPSA) is 69.7 Å². The van der Waals surface area contributed by atoms with Crippen molar-refractivity contribution in [1.29, 1.82) is 0 Å². The van der Waals surface area contributed by atoms with Gasteiger partial charge in [-0.15, -0.1) is 0 Å². The fourth-order valence-electron chi connectivity index (χ4n) is 3.66. The average Bonchev–Trinajstić information content (AvgIpc) is 3.07. The number of hydrogen-bond acceptors (Lipinski definition) is 4. The molecule has 0 radical (unpaired) electrons. The summed E-state index contributed by atoms with van der Waals surface area (Å²) in [5.74, 6) is -1.25. The van der Waals surface area contributed by atoms with Gasteiger partial charge in [-0.3, -0.25) is 14.4 Å². The predicted molar refractivity (Wildman–Crippen MR) is 130 cm³/mol. The van der Waals surface area contributed by atoms with Crippen molar-refractivity contribution in [1.82, 2.24) is 0 Å². The van der Waals surface area contributed by atoms with E-state index in [1.165, 1.54) is 0 Å². The lowest BCUT2D eigenvalue weighted by Gasteiger charge is -2.18. The lowest BCUT2D eigenvalue weighted by Crippen LogP contribution is -2.33. The summed E-state index contributed by atoms with van der Waals surface area (Å²) < 4.78 is 0. The highest BCUT2D eigenvalue weighted by molar-refractivity contribution is 6.53. The summed E-state index contributed by atoms with van der Waals surface area (Å²) in [6.07, 6.45) is 0.667. The Labute approximate surface area is 197 Å². The summed E-state index contributed by atoms with van der Waals surface area (Å²) in [5, 5.41) is 2.77. The first-order valence-corrected chi connectivity index (χ1v) is 10.9. The summed E-state index contributed by atoms with van der Waals surface area (Å²) in [5.41, 5.74) is 3.20. The molecule has 1 aliphatic heterocycles. The van der Waals surface area contributed by atoms with E-state index < -0.39 is 11.8 Å². The minimum Gasteiger partial charge on any atom is -0.350 e. The SMILES string of the molecule is CCc1ccccc1N1C(=O)C(Cl)=C(Nc2ccc(C(=O)N(C)c3ccccc3)cc2)C1=O. The van der Waals surface area contributed by atoms with Crippen molar-refractivity contribution in [2.45, 2.75) is 13.3 Å². The first-order valence-electron chi connectivity index (χ1n) is 10.5. The smallest absolute Gasteiger partial charge is 0.283 e. The fourth-order valence-corrected chi connectivity index (χ4v) is 3.87. The molecule has 0 unspecified atom stereocenters. The number of halogens is 1. The highest BCUT2D eigenvalue weighted by atomic mass is 35.5. The monoisotopic (exact) mass is 459 g/mol. The van der Waals surface area contributed by atoms with Crippen LogP contribution in [-0.2, 0) is 16.0 Å². The molecular formula is C26H22ClN3O3. The first-order chi connectivity index (χ1) is 15.9. The third-order valence-corrected chi connectivity index (χ3v) is 5.84. The number of hydrogen-bond donors (Lipinski definition) is 1. The standard InChI is InChI=1S/C26H22ClN3O3/c1-3-17-9-7-8-12-21(17)30-25(32)22(27)23(26(30)33)28-19-15-13-18(14-16-19)24(31)29(2)20-10-5-4-6-11-20/h4-16,28H,3H2,1-2H3. The number of anilines is 3. The van der Waals surface area contributed by atoms with E-state index >= 15 is 0 Å². The fraction of sp³-hybridized carbons (Fsp3) is 0.115. The summed E-state index contributed by atoms with van der Waals surface area (Å²) in [6, 6.07) is 23.2. The Balaban J connectivity index is 1.53. The zero-order valence-electron chi connectivity index (χ0n) is 18.2. The summed E-state index contributed by atoms with van der Waals surface area (Å²) in [4.78, 5) is 41.3. The normalized spacial score (nSPS) is 13.5. The van der Waals surface area contributed by atoms with Gasteiger partial charge in [0.2, 0.25) is 0 Å². The van der Waals surface area contributed by atoms with E-state index in [0.29, 0.717) is 23.4 Å². The number of carbonyl (C=O) groups is 3. The Hall–Kier alpha value is -3.90. The minimum atomic E-state index is -0.568. The first kappa shape index (κ1) is 22.3. The van der Waals surface area contributed by atoms with Gasteiger partial charge < -0.3 is 10.2 Å². The number of aryl methyl sites for hydroxylation is 1. The molecule has 3 amide bonds. The number of benzene rings is 3. The lowest BCUT2D eigenvalue weighted by molar-refractivity contribution is -0.120. The van der Waals surface area contributed by atoms with Crippen molar-refractivity contribution in [3.05, 3.63) is 101 Å². The molecule has 0 bridgehead atoms. The van der Waals surface area contributed by atoms with Crippen LogP contribution in [0.25, 0.3) is 0 Å². The summed E-state index contributed by atoms with van der Waals surface area (Å²) in [6.45, 7) is 1.95. The molecule has 166 valence electrons. The number of carbonyl (C=O) groups excluding carboxylic acids is 3. The molecule has 4 rings (SSSR count). The van der Waals surface area contributed by atoms with Crippen LogP contribution in [0.1, 0.15) is 22.8 Å². The average molecular weight is 460 g/mol. The molecule has 1 heterocycles. The van der Waals surface area contributed by atoms with E-state index in [-0.39, 0.29) is 16.6 Å². The van der Waals surface area contributed by atoms with Crippen molar-refractivity contribution in [3.63, 3.8) is 0 Å². The van der Waals surface area contributed by atoms with Crippen molar-refractivity contribution < 1.29 is 14.4 Å². The van der Waals surface area contributed by atoms with Gasteiger partial charge in [0, 0.05) is 24.0 Å². The second kappa shape index (κ2) is 9.30. The number of rotatable bonds is 6. The van der Waals surface area contributed by atoms with Gasteiger partial charge in [0.05, 0.1) is 5.69 Å².